The normalized spacial score (nSPS) is 14.7. The largest absolute Gasteiger partial charge is 0.357 e. The number of aromatic nitrogens is 1. The van der Waals surface area contributed by atoms with Crippen LogP contribution in [0.2, 0.25) is 0 Å². The molecule has 0 spiro atoms. The van der Waals surface area contributed by atoms with Crippen molar-refractivity contribution in [2.24, 2.45) is 0 Å². The van der Waals surface area contributed by atoms with Crippen molar-refractivity contribution < 1.29 is 4.79 Å². The molecule has 100 valence electrons. The number of benzene rings is 1. The van der Waals surface area contributed by atoms with E-state index in [2.05, 4.69) is 27.0 Å². The third-order valence-corrected chi connectivity index (χ3v) is 4.78. The van der Waals surface area contributed by atoms with Gasteiger partial charge in [-0.3, -0.25) is 4.79 Å². The van der Waals surface area contributed by atoms with Gasteiger partial charge in [0.2, 0.25) is 5.91 Å². The summed E-state index contributed by atoms with van der Waals surface area (Å²) in [7, 11) is 0. The van der Waals surface area contributed by atoms with E-state index in [0.29, 0.717) is 5.75 Å². The Morgan fingerprint density at radius 2 is 2.37 bits per heavy atom. The fourth-order valence-corrected chi connectivity index (χ4v) is 3.52. The number of hydrogen-bond donors (Lipinski definition) is 1. The second kappa shape index (κ2) is 5.21. The number of carbonyl (C=O) groups is 1. The molecule has 1 amide bonds. The molecule has 3 nitrogen and oxygen atoms in total. The number of hydrogen-bond acceptors (Lipinski definition) is 2. The van der Waals surface area contributed by atoms with Crippen LogP contribution in [0.1, 0.15) is 11.3 Å². The molecular weight excluding hydrogens is 324 g/mol. The van der Waals surface area contributed by atoms with Gasteiger partial charge in [-0.05, 0) is 28.3 Å². The highest BCUT2D eigenvalue weighted by Gasteiger charge is 2.23. The summed E-state index contributed by atoms with van der Waals surface area (Å²) in [6.07, 6.45) is 2.88. The molecule has 1 N–H and O–H groups in total. The molecule has 0 aliphatic carbocycles. The molecule has 1 aromatic heterocycles. The lowest BCUT2D eigenvalue weighted by atomic mass is 10.0. The molecule has 0 fully saturated rings. The van der Waals surface area contributed by atoms with Crippen molar-refractivity contribution in [3.05, 3.63) is 33.9 Å². The molecule has 3 rings (SSSR count). The number of halogens is 1. The average molecular weight is 339 g/mol. The number of aromatic amines is 1. The number of H-pyrrole nitrogens is 1. The van der Waals surface area contributed by atoms with Gasteiger partial charge in [-0.15, -0.1) is 0 Å². The van der Waals surface area contributed by atoms with E-state index in [1.807, 2.05) is 23.3 Å². The van der Waals surface area contributed by atoms with E-state index >= 15 is 0 Å². The van der Waals surface area contributed by atoms with Crippen LogP contribution >= 0.6 is 27.7 Å². The van der Waals surface area contributed by atoms with Gasteiger partial charge >= 0.3 is 0 Å². The van der Waals surface area contributed by atoms with Gasteiger partial charge in [-0.1, -0.05) is 12.1 Å². The summed E-state index contributed by atoms with van der Waals surface area (Å²) in [4.78, 5) is 17.5. The molecule has 1 aliphatic heterocycles. The second-order valence-electron chi connectivity index (χ2n) is 4.74. The summed E-state index contributed by atoms with van der Waals surface area (Å²) in [6.45, 7) is 1.54. The number of nitrogens with one attached hydrogen (secondary N) is 1. The van der Waals surface area contributed by atoms with E-state index in [4.69, 9.17) is 0 Å². The zero-order chi connectivity index (χ0) is 13.4. The minimum atomic E-state index is 0.238. The first kappa shape index (κ1) is 13.1. The lowest BCUT2D eigenvalue weighted by Crippen LogP contribution is -2.36. The van der Waals surface area contributed by atoms with Crippen molar-refractivity contribution in [1.29, 1.82) is 0 Å². The lowest BCUT2D eigenvalue weighted by Gasteiger charge is -2.27. The van der Waals surface area contributed by atoms with Crippen molar-refractivity contribution in [1.82, 2.24) is 9.88 Å². The van der Waals surface area contributed by atoms with Crippen LogP contribution in [0.3, 0.4) is 0 Å². The fraction of sp³-hybridized carbons (Fsp3) is 0.357. The molecule has 2 aromatic rings. The van der Waals surface area contributed by atoms with Crippen LogP contribution in [-0.2, 0) is 17.8 Å². The second-order valence-corrected chi connectivity index (χ2v) is 6.46. The van der Waals surface area contributed by atoms with Gasteiger partial charge in [-0.25, -0.2) is 0 Å². The van der Waals surface area contributed by atoms with Crippen molar-refractivity contribution in [2.45, 2.75) is 13.0 Å². The standard InChI is InChI=1S/C14H15BrN2OS/c1-19-8-13(18)17-6-5-12-10(7-17)9-3-2-4-11(15)14(9)16-12/h2-4,16H,5-8H2,1H3. The summed E-state index contributed by atoms with van der Waals surface area (Å²) < 4.78 is 1.08. The third-order valence-electron chi connectivity index (χ3n) is 3.58. The smallest absolute Gasteiger partial charge is 0.232 e. The van der Waals surface area contributed by atoms with Gasteiger partial charge in [0.15, 0.2) is 0 Å². The minimum Gasteiger partial charge on any atom is -0.357 e. The average Bonchev–Trinajstić information content (AvgIpc) is 2.78. The monoisotopic (exact) mass is 338 g/mol. The molecular formula is C14H15BrN2OS. The zero-order valence-electron chi connectivity index (χ0n) is 10.7. The van der Waals surface area contributed by atoms with E-state index in [0.717, 1.165) is 29.5 Å². The Hall–Kier alpha value is -0.940. The first-order valence-corrected chi connectivity index (χ1v) is 8.44. The molecule has 0 saturated heterocycles. The van der Waals surface area contributed by atoms with Crippen molar-refractivity contribution in [3.63, 3.8) is 0 Å². The highest BCUT2D eigenvalue weighted by Crippen LogP contribution is 2.31. The maximum Gasteiger partial charge on any atom is 0.232 e. The van der Waals surface area contributed by atoms with Gasteiger partial charge in [-0.2, -0.15) is 11.8 Å². The fourth-order valence-electron chi connectivity index (χ4n) is 2.63. The van der Waals surface area contributed by atoms with Gasteiger partial charge in [0.25, 0.3) is 0 Å². The molecule has 0 saturated carbocycles. The van der Waals surface area contributed by atoms with E-state index in [-0.39, 0.29) is 5.91 Å². The van der Waals surface area contributed by atoms with E-state index < -0.39 is 0 Å². The molecule has 19 heavy (non-hydrogen) atoms. The highest BCUT2D eigenvalue weighted by atomic mass is 79.9. The molecule has 1 aliphatic rings. The lowest BCUT2D eigenvalue weighted by molar-refractivity contribution is -0.129. The van der Waals surface area contributed by atoms with Crippen LogP contribution < -0.4 is 0 Å². The maximum atomic E-state index is 12.0. The first-order chi connectivity index (χ1) is 9.20. The molecule has 5 heteroatoms. The Labute approximate surface area is 124 Å². The first-order valence-electron chi connectivity index (χ1n) is 6.25. The van der Waals surface area contributed by atoms with Gasteiger partial charge in [0.05, 0.1) is 11.3 Å². The van der Waals surface area contributed by atoms with Crippen molar-refractivity contribution >= 4 is 44.5 Å². The number of rotatable bonds is 2. The van der Waals surface area contributed by atoms with Gasteiger partial charge < -0.3 is 9.88 Å². The van der Waals surface area contributed by atoms with Crippen LogP contribution in [0.25, 0.3) is 10.9 Å². The van der Waals surface area contributed by atoms with Gasteiger partial charge in [0, 0.05) is 40.6 Å². The predicted octanol–water partition coefficient (Wildman–Crippen LogP) is 3.18. The van der Waals surface area contributed by atoms with Crippen LogP contribution in [0.4, 0.5) is 0 Å². The Bertz CT molecular complexity index is 638. The molecule has 1 aromatic carbocycles. The van der Waals surface area contributed by atoms with Crippen molar-refractivity contribution in [3.8, 4) is 0 Å². The SMILES string of the molecule is CSCC(=O)N1CCc2[nH]c3c(Br)cccc3c2C1. The summed E-state index contributed by atoms with van der Waals surface area (Å²) >= 11 is 5.16. The number of para-hydroxylation sites is 1. The number of fused-ring (bicyclic) bond motifs is 3. The molecule has 0 bridgehead atoms. The van der Waals surface area contributed by atoms with Crippen LogP contribution in [0.5, 0.6) is 0 Å². The Morgan fingerprint density at radius 1 is 1.53 bits per heavy atom. The number of thioether (sulfide) groups is 1. The third kappa shape index (κ3) is 2.30. The topological polar surface area (TPSA) is 36.1 Å². The maximum absolute atomic E-state index is 12.0. The zero-order valence-corrected chi connectivity index (χ0v) is 13.1. The molecule has 0 radical (unpaired) electrons. The van der Waals surface area contributed by atoms with E-state index in [9.17, 15) is 4.79 Å². The number of nitrogens with zero attached hydrogens (tertiary/aromatic N) is 1. The number of carbonyl (C=O) groups excluding carboxylic acids is 1. The summed E-state index contributed by atoms with van der Waals surface area (Å²) in [6, 6.07) is 6.21. The van der Waals surface area contributed by atoms with Crippen LogP contribution in [-0.4, -0.2) is 34.3 Å². The Balaban J connectivity index is 1.98. The van der Waals surface area contributed by atoms with Crippen LogP contribution in [0, 0.1) is 0 Å². The van der Waals surface area contributed by atoms with Crippen molar-refractivity contribution in [2.75, 3.05) is 18.6 Å². The Morgan fingerprint density at radius 3 is 3.16 bits per heavy atom. The van der Waals surface area contributed by atoms with Gasteiger partial charge in [0.1, 0.15) is 0 Å². The molecule has 2 heterocycles. The summed E-state index contributed by atoms with van der Waals surface area (Å²) in [5.41, 5.74) is 3.69. The van der Waals surface area contributed by atoms with Crippen LogP contribution in [0.15, 0.2) is 22.7 Å². The molecule has 0 unspecified atom stereocenters. The minimum absolute atomic E-state index is 0.238. The predicted molar refractivity (Wildman–Crippen MR) is 83.5 cm³/mol. The number of amides is 1. The summed E-state index contributed by atoms with van der Waals surface area (Å²) in [5, 5.41) is 1.23. The van der Waals surface area contributed by atoms with E-state index in [1.54, 1.807) is 11.8 Å². The Kier molecular flexibility index (Phi) is 3.58. The van der Waals surface area contributed by atoms with E-state index in [1.165, 1.54) is 16.6 Å². The highest BCUT2D eigenvalue weighted by molar-refractivity contribution is 9.10. The molecule has 0 atom stereocenters. The quantitative estimate of drug-likeness (QED) is 0.912. The summed E-state index contributed by atoms with van der Waals surface area (Å²) in [5.74, 6) is 0.809.